The van der Waals surface area contributed by atoms with E-state index in [9.17, 15) is 31.5 Å². The maximum absolute atomic E-state index is 14.8. The van der Waals surface area contributed by atoms with Crippen molar-refractivity contribution in [1.82, 2.24) is 0 Å². The van der Waals surface area contributed by atoms with E-state index in [1.165, 1.54) is 60.7 Å². The van der Waals surface area contributed by atoms with Crippen molar-refractivity contribution in [2.75, 3.05) is 18.1 Å². The summed E-state index contributed by atoms with van der Waals surface area (Å²) in [4.78, 5) is 23.6. The number of anilines is 2. The van der Waals surface area contributed by atoms with Crippen molar-refractivity contribution in [3.05, 3.63) is 89.0 Å². The van der Waals surface area contributed by atoms with Gasteiger partial charge in [-0.05, 0) is 85.9 Å². The first-order valence-electron chi connectivity index (χ1n) is 14.4. The Bertz CT molecular complexity index is 1470. The lowest BCUT2D eigenvalue weighted by Gasteiger charge is -2.19. The van der Waals surface area contributed by atoms with Crippen LogP contribution >= 0.6 is 0 Å². The van der Waals surface area contributed by atoms with Gasteiger partial charge in [-0.15, -0.1) is 0 Å². The summed E-state index contributed by atoms with van der Waals surface area (Å²) in [5.41, 5.74) is 12.8. The number of carbonyl (C=O) groups is 2. The van der Waals surface area contributed by atoms with Crippen LogP contribution in [0.25, 0.3) is 6.08 Å². The lowest BCUT2D eigenvalue weighted by Crippen LogP contribution is -2.21. The second-order valence-electron chi connectivity index (χ2n) is 10.4. The SMILES string of the molecule is CCC(Cc1c(N)cc(C(=O)O)cc1N)OC(=O)C=Cc1ccc(OC(F)(F)c2ccc(OCCCCCC(F)(F)F)cc2)cc1. The van der Waals surface area contributed by atoms with Crippen molar-refractivity contribution in [3.63, 3.8) is 0 Å². The summed E-state index contributed by atoms with van der Waals surface area (Å²) < 4.78 is 81.8. The molecule has 3 aromatic carbocycles. The van der Waals surface area contributed by atoms with Gasteiger partial charge in [-0.25, -0.2) is 9.59 Å². The van der Waals surface area contributed by atoms with Gasteiger partial charge in [0.25, 0.3) is 0 Å². The van der Waals surface area contributed by atoms with E-state index in [2.05, 4.69) is 0 Å². The summed E-state index contributed by atoms with van der Waals surface area (Å²) in [6.07, 6.45) is -5.33. The monoisotopic (exact) mass is 650 g/mol. The Balaban J connectivity index is 1.50. The molecule has 0 saturated heterocycles. The van der Waals surface area contributed by atoms with E-state index < -0.39 is 42.3 Å². The van der Waals surface area contributed by atoms with E-state index >= 15 is 0 Å². The molecule has 0 aliphatic carbocycles. The molecule has 0 radical (unpaired) electrons. The van der Waals surface area contributed by atoms with E-state index in [0.29, 0.717) is 36.1 Å². The zero-order valence-corrected chi connectivity index (χ0v) is 25.0. The minimum absolute atomic E-state index is 0.000712. The van der Waals surface area contributed by atoms with Crippen LogP contribution in [-0.2, 0) is 22.1 Å². The average molecular weight is 651 g/mol. The molecule has 3 aromatic rings. The van der Waals surface area contributed by atoms with Crippen LogP contribution in [-0.4, -0.2) is 35.9 Å². The molecule has 0 amide bonds. The van der Waals surface area contributed by atoms with E-state index in [0.717, 1.165) is 12.1 Å². The number of carboxylic acids is 1. The Labute approximate surface area is 262 Å². The Morgan fingerprint density at radius 3 is 2.07 bits per heavy atom. The number of esters is 1. The topological polar surface area (TPSA) is 134 Å². The molecule has 0 bridgehead atoms. The Morgan fingerprint density at radius 2 is 1.50 bits per heavy atom. The number of hydrogen-bond acceptors (Lipinski definition) is 7. The minimum Gasteiger partial charge on any atom is -0.494 e. The summed E-state index contributed by atoms with van der Waals surface area (Å²) in [5.74, 6) is -1.65. The Hall–Kier alpha value is -4.81. The molecule has 0 aliphatic rings. The average Bonchev–Trinajstić information content (AvgIpc) is 2.99. The number of nitrogens with two attached hydrogens (primary N) is 2. The molecule has 1 atom stereocenters. The molecular weight excluding hydrogens is 615 g/mol. The van der Waals surface area contributed by atoms with Crippen LogP contribution in [0.5, 0.6) is 11.5 Å². The lowest BCUT2D eigenvalue weighted by atomic mass is 10.00. The molecule has 46 heavy (non-hydrogen) atoms. The number of benzene rings is 3. The number of unbranched alkanes of at least 4 members (excludes halogenated alkanes) is 2. The molecule has 1 unspecified atom stereocenters. The second-order valence-corrected chi connectivity index (χ2v) is 10.4. The summed E-state index contributed by atoms with van der Waals surface area (Å²) >= 11 is 0. The van der Waals surface area contributed by atoms with Gasteiger partial charge < -0.3 is 30.8 Å². The number of halogens is 5. The number of hydrogen-bond donors (Lipinski definition) is 3. The molecule has 3 rings (SSSR count). The molecule has 0 saturated carbocycles. The van der Waals surface area contributed by atoms with E-state index in [1.807, 2.05) is 0 Å². The second kappa shape index (κ2) is 16.0. The summed E-state index contributed by atoms with van der Waals surface area (Å²) in [6.45, 7) is 1.96. The summed E-state index contributed by atoms with van der Waals surface area (Å²) in [7, 11) is 0. The van der Waals surface area contributed by atoms with Crippen molar-refractivity contribution < 1.29 is 50.9 Å². The first kappa shape index (κ1) is 35.7. The Morgan fingerprint density at radius 1 is 0.891 bits per heavy atom. The fourth-order valence-corrected chi connectivity index (χ4v) is 4.34. The first-order valence-corrected chi connectivity index (χ1v) is 14.4. The van der Waals surface area contributed by atoms with Crippen LogP contribution in [0.15, 0.2) is 66.7 Å². The fraction of sp³-hybridized carbons (Fsp3) is 0.333. The van der Waals surface area contributed by atoms with Crippen LogP contribution in [0.4, 0.5) is 33.3 Å². The number of aromatic carboxylic acids is 1. The number of nitrogen functional groups attached to an aromatic ring is 2. The normalized spacial score (nSPS) is 12.6. The molecule has 0 aliphatic heterocycles. The number of ether oxygens (including phenoxy) is 3. The van der Waals surface area contributed by atoms with Crippen molar-refractivity contribution in [1.29, 1.82) is 0 Å². The van der Waals surface area contributed by atoms with Crippen LogP contribution in [0.1, 0.15) is 66.1 Å². The summed E-state index contributed by atoms with van der Waals surface area (Å²) in [5, 5.41) is 9.15. The van der Waals surface area contributed by atoms with Gasteiger partial charge in [-0.2, -0.15) is 22.0 Å². The van der Waals surface area contributed by atoms with Gasteiger partial charge in [-0.1, -0.05) is 19.1 Å². The quantitative estimate of drug-likeness (QED) is 0.0471. The van der Waals surface area contributed by atoms with Gasteiger partial charge in [0.1, 0.15) is 17.6 Å². The van der Waals surface area contributed by atoms with Gasteiger partial charge in [0, 0.05) is 35.9 Å². The van der Waals surface area contributed by atoms with E-state index in [4.69, 9.17) is 30.8 Å². The van der Waals surface area contributed by atoms with Crippen LogP contribution in [0, 0.1) is 0 Å². The predicted octanol–water partition coefficient (Wildman–Crippen LogP) is 7.76. The molecule has 0 heterocycles. The van der Waals surface area contributed by atoms with Gasteiger partial charge in [-0.3, -0.25) is 0 Å². The smallest absolute Gasteiger partial charge is 0.426 e. The third kappa shape index (κ3) is 11.3. The van der Waals surface area contributed by atoms with Crippen LogP contribution in [0.2, 0.25) is 0 Å². The van der Waals surface area contributed by atoms with Crippen LogP contribution in [0.3, 0.4) is 0 Å². The number of carboxylic acid groups (broad SMARTS) is 1. The fourth-order valence-electron chi connectivity index (χ4n) is 4.34. The number of carbonyl (C=O) groups excluding carboxylic acids is 1. The highest BCUT2D eigenvalue weighted by molar-refractivity contribution is 5.91. The zero-order valence-electron chi connectivity index (χ0n) is 25.0. The molecule has 0 fully saturated rings. The molecule has 0 spiro atoms. The van der Waals surface area contributed by atoms with Crippen molar-refractivity contribution in [2.45, 2.75) is 63.8 Å². The third-order valence-corrected chi connectivity index (χ3v) is 6.84. The molecule has 5 N–H and O–H groups in total. The largest absolute Gasteiger partial charge is 0.494 e. The van der Waals surface area contributed by atoms with Crippen molar-refractivity contribution in [3.8, 4) is 11.5 Å². The van der Waals surface area contributed by atoms with Crippen molar-refractivity contribution >= 4 is 29.4 Å². The van der Waals surface area contributed by atoms with Gasteiger partial charge in [0.2, 0.25) is 0 Å². The number of rotatable bonds is 16. The minimum atomic E-state index is -4.19. The van der Waals surface area contributed by atoms with Crippen molar-refractivity contribution in [2.24, 2.45) is 0 Å². The van der Waals surface area contributed by atoms with Crippen LogP contribution < -0.4 is 20.9 Å². The molecule has 248 valence electrons. The standard InChI is InChI=1S/C33H35F5N2O6/c1-2-24(20-27-28(39)18-22(31(42)43)19-29(27)40)45-30(41)15-8-21-6-11-26(12-7-21)46-33(37,38)23-9-13-25(14-10-23)44-17-5-3-4-16-32(34,35)36/h6-15,18-19,24H,2-5,16-17,20,39-40H2,1H3,(H,42,43). The highest BCUT2D eigenvalue weighted by atomic mass is 19.4. The van der Waals surface area contributed by atoms with Gasteiger partial charge in [0.05, 0.1) is 17.7 Å². The van der Waals surface area contributed by atoms with E-state index in [1.54, 1.807) is 6.92 Å². The molecule has 13 heteroatoms. The highest BCUT2D eigenvalue weighted by Gasteiger charge is 2.34. The highest BCUT2D eigenvalue weighted by Crippen LogP contribution is 2.33. The first-order chi connectivity index (χ1) is 21.7. The zero-order chi connectivity index (χ0) is 33.9. The maximum atomic E-state index is 14.8. The Kier molecular flexibility index (Phi) is 12.4. The lowest BCUT2D eigenvalue weighted by molar-refractivity contribution is -0.185. The molecule has 8 nitrogen and oxygen atoms in total. The maximum Gasteiger partial charge on any atom is 0.426 e. The number of alkyl halides is 5. The van der Waals surface area contributed by atoms with Gasteiger partial charge in [0.15, 0.2) is 0 Å². The molecule has 0 aromatic heterocycles. The predicted molar refractivity (Wildman–Crippen MR) is 163 cm³/mol. The third-order valence-electron chi connectivity index (χ3n) is 6.84. The molecular formula is C33H35F5N2O6. The van der Waals surface area contributed by atoms with E-state index in [-0.39, 0.29) is 42.1 Å². The summed E-state index contributed by atoms with van der Waals surface area (Å²) in [6, 6.07) is 13.1. The van der Waals surface area contributed by atoms with Gasteiger partial charge >= 0.3 is 24.2 Å².